The van der Waals surface area contributed by atoms with Gasteiger partial charge in [-0.3, -0.25) is 0 Å². The Bertz CT molecular complexity index is 566. The number of aromatic amines is 1. The van der Waals surface area contributed by atoms with E-state index in [-0.39, 0.29) is 0 Å². The monoisotopic (exact) mass is 313 g/mol. The number of H-pyrrole nitrogens is 1. The predicted molar refractivity (Wildman–Crippen MR) is 73.6 cm³/mol. The summed E-state index contributed by atoms with van der Waals surface area (Å²) in [6, 6.07) is 3.80. The Morgan fingerprint density at radius 1 is 1.41 bits per heavy atom. The first kappa shape index (κ1) is 11.5. The van der Waals surface area contributed by atoms with Crippen molar-refractivity contribution in [2.24, 2.45) is 5.92 Å². The lowest BCUT2D eigenvalue weighted by Crippen LogP contribution is -2.09. The Labute approximate surface area is 113 Å². The maximum absolute atomic E-state index is 6.03. The average Bonchev–Trinajstić information content (AvgIpc) is 2.83. The van der Waals surface area contributed by atoms with Crippen LogP contribution in [-0.4, -0.2) is 23.1 Å². The summed E-state index contributed by atoms with van der Waals surface area (Å²) in [6.45, 7) is 4.30. The summed E-state index contributed by atoms with van der Waals surface area (Å²) < 4.78 is 0.945. The van der Waals surface area contributed by atoms with Crippen molar-refractivity contribution in [3.05, 3.63) is 27.5 Å². The van der Waals surface area contributed by atoms with Gasteiger partial charge in [0.25, 0.3) is 0 Å². The highest BCUT2D eigenvalue weighted by molar-refractivity contribution is 9.10. The van der Waals surface area contributed by atoms with Crippen LogP contribution in [-0.2, 0) is 0 Å². The molecule has 2 atom stereocenters. The molecule has 2 heterocycles. The van der Waals surface area contributed by atoms with Crippen LogP contribution in [0, 0.1) is 5.92 Å². The molecule has 0 amide bonds. The third kappa shape index (κ3) is 1.98. The van der Waals surface area contributed by atoms with E-state index in [0.717, 1.165) is 39.4 Å². The van der Waals surface area contributed by atoms with E-state index in [4.69, 9.17) is 11.6 Å². The molecule has 1 aliphatic heterocycles. The van der Waals surface area contributed by atoms with Gasteiger partial charge in [0.05, 0.1) is 5.52 Å². The summed E-state index contributed by atoms with van der Waals surface area (Å²) in [5, 5.41) is 4.11. The van der Waals surface area contributed by atoms with Gasteiger partial charge >= 0.3 is 0 Å². The highest BCUT2D eigenvalue weighted by Crippen LogP contribution is 2.31. The lowest BCUT2D eigenvalue weighted by molar-refractivity contribution is 0.551. The van der Waals surface area contributed by atoms with Crippen LogP contribution in [0.25, 0.3) is 11.0 Å². The minimum atomic E-state index is 0.466. The first-order valence-electron chi connectivity index (χ1n) is 5.70. The van der Waals surface area contributed by atoms with Crippen molar-refractivity contribution in [2.45, 2.75) is 12.8 Å². The molecular formula is C12H13BrClN3. The van der Waals surface area contributed by atoms with Gasteiger partial charge in [0.1, 0.15) is 11.3 Å². The van der Waals surface area contributed by atoms with E-state index in [1.54, 1.807) is 0 Å². The zero-order valence-corrected chi connectivity index (χ0v) is 11.8. The summed E-state index contributed by atoms with van der Waals surface area (Å²) in [5.74, 6) is 2.14. The number of hydrogen-bond acceptors (Lipinski definition) is 2. The van der Waals surface area contributed by atoms with E-state index in [9.17, 15) is 0 Å². The second-order valence-corrected chi connectivity index (χ2v) is 5.94. The van der Waals surface area contributed by atoms with Gasteiger partial charge in [-0.1, -0.05) is 18.5 Å². The van der Waals surface area contributed by atoms with E-state index in [2.05, 4.69) is 38.1 Å². The van der Waals surface area contributed by atoms with E-state index in [1.807, 2.05) is 12.1 Å². The normalized spacial score (nSPS) is 24.6. The number of rotatable bonds is 1. The summed E-state index contributed by atoms with van der Waals surface area (Å²) in [4.78, 5) is 8.07. The maximum Gasteiger partial charge on any atom is 0.112 e. The van der Waals surface area contributed by atoms with Crippen molar-refractivity contribution < 1.29 is 0 Å². The number of nitrogens with one attached hydrogen (secondary N) is 2. The van der Waals surface area contributed by atoms with Crippen LogP contribution in [0.4, 0.5) is 0 Å². The molecule has 0 spiro atoms. The summed E-state index contributed by atoms with van der Waals surface area (Å²) in [5.41, 5.74) is 1.96. The molecule has 3 nitrogen and oxygen atoms in total. The molecule has 90 valence electrons. The fourth-order valence-electron chi connectivity index (χ4n) is 2.41. The molecule has 2 N–H and O–H groups in total. The number of imidazole rings is 1. The molecule has 1 aliphatic rings. The Kier molecular flexibility index (Phi) is 2.89. The second kappa shape index (κ2) is 4.26. The Morgan fingerprint density at radius 3 is 2.94 bits per heavy atom. The van der Waals surface area contributed by atoms with Gasteiger partial charge < -0.3 is 10.3 Å². The van der Waals surface area contributed by atoms with Gasteiger partial charge in [0.2, 0.25) is 0 Å². The quantitative estimate of drug-likeness (QED) is 0.848. The number of halogens is 2. The molecule has 1 fully saturated rings. The van der Waals surface area contributed by atoms with Gasteiger partial charge in [0.15, 0.2) is 0 Å². The lowest BCUT2D eigenvalue weighted by Gasteiger charge is -2.09. The highest BCUT2D eigenvalue weighted by atomic mass is 79.9. The topological polar surface area (TPSA) is 40.7 Å². The molecule has 0 saturated carbocycles. The largest absolute Gasteiger partial charge is 0.342 e. The predicted octanol–water partition coefficient (Wildman–Crippen LogP) is 3.30. The van der Waals surface area contributed by atoms with Crippen LogP contribution >= 0.6 is 27.5 Å². The fraction of sp³-hybridized carbons (Fsp3) is 0.417. The van der Waals surface area contributed by atoms with E-state index in [1.165, 1.54) is 0 Å². The molecule has 0 radical (unpaired) electrons. The van der Waals surface area contributed by atoms with Gasteiger partial charge in [-0.2, -0.15) is 0 Å². The molecule has 1 aromatic carbocycles. The lowest BCUT2D eigenvalue weighted by atomic mass is 9.98. The summed E-state index contributed by atoms with van der Waals surface area (Å²) in [6.07, 6.45) is 0. The average molecular weight is 315 g/mol. The highest BCUT2D eigenvalue weighted by Gasteiger charge is 2.27. The third-order valence-electron chi connectivity index (χ3n) is 3.39. The number of hydrogen-bond donors (Lipinski definition) is 2. The third-order valence-corrected chi connectivity index (χ3v) is 4.21. The van der Waals surface area contributed by atoms with E-state index in [0.29, 0.717) is 11.8 Å². The van der Waals surface area contributed by atoms with Crippen molar-refractivity contribution in [3.8, 4) is 0 Å². The number of aromatic nitrogens is 2. The number of fused-ring (bicyclic) bond motifs is 1. The van der Waals surface area contributed by atoms with Gasteiger partial charge in [0, 0.05) is 22.0 Å². The molecule has 0 bridgehead atoms. The summed E-state index contributed by atoms with van der Waals surface area (Å²) in [7, 11) is 0. The molecule has 17 heavy (non-hydrogen) atoms. The first-order chi connectivity index (χ1) is 8.15. The Hall–Kier alpha value is -0.580. The Balaban J connectivity index is 2.10. The molecule has 1 saturated heterocycles. The van der Waals surface area contributed by atoms with Crippen LogP contribution in [0.1, 0.15) is 18.7 Å². The van der Waals surface area contributed by atoms with Crippen LogP contribution in [0.3, 0.4) is 0 Å². The van der Waals surface area contributed by atoms with Crippen molar-refractivity contribution in [2.75, 3.05) is 13.1 Å². The molecule has 0 aliphatic carbocycles. The van der Waals surface area contributed by atoms with Gasteiger partial charge in [-0.15, -0.1) is 0 Å². The van der Waals surface area contributed by atoms with Crippen molar-refractivity contribution >= 4 is 38.6 Å². The van der Waals surface area contributed by atoms with Crippen LogP contribution in [0.5, 0.6) is 0 Å². The van der Waals surface area contributed by atoms with Crippen LogP contribution < -0.4 is 5.32 Å². The van der Waals surface area contributed by atoms with Gasteiger partial charge in [-0.05, 0) is 40.5 Å². The standard InChI is InChI=1S/C12H13BrClN3/c1-6-4-15-5-8(6)12-16-10-3-7(14)2-9(13)11(10)17-12/h2-3,6,8,15H,4-5H2,1H3,(H,16,17)/t6-,8-/m1/s1. The first-order valence-corrected chi connectivity index (χ1v) is 6.87. The number of nitrogens with zero attached hydrogens (tertiary/aromatic N) is 1. The zero-order chi connectivity index (χ0) is 12.0. The molecule has 1 aromatic heterocycles. The molecule has 5 heteroatoms. The SMILES string of the molecule is C[C@@H]1CNC[C@H]1c1nc2c(Br)cc(Cl)cc2[nH]1. The zero-order valence-electron chi connectivity index (χ0n) is 9.43. The minimum Gasteiger partial charge on any atom is -0.342 e. The van der Waals surface area contributed by atoms with Crippen LogP contribution in [0.15, 0.2) is 16.6 Å². The molecule has 0 unspecified atom stereocenters. The maximum atomic E-state index is 6.03. The molecule has 2 aromatic rings. The van der Waals surface area contributed by atoms with E-state index >= 15 is 0 Å². The molecule has 3 rings (SSSR count). The van der Waals surface area contributed by atoms with Crippen molar-refractivity contribution in [3.63, 3.8) is 0 Å². The smallest absolute Gasteiger partial charge is 0.112 e. The fourth-order valence-corrected chi connectivity index (χ4v) is 3.31. The molecular weight excluding hydrogens is 302 g/mol. The minimum absolute atomic E-state index is 0.466. The van der Waals surface area contributed by atoms with Crippen molar-refractivity contribution in [1.29, 1.82) is 0 Å². The van der Waals surface area contributed by atoms with E-state index < -0.39 is 0 Å². The second-order valence-electron chi connectivity index (χ2n) is 4.65. The van der Waals surface area contributed by atoms with Crippen LogP contribution in [0.2, 0.25) is 5.02 Å². The van der Waals surface area contributed by atoms with Crippen molar-refractivity contribution in [1.82, 2.24) is 15.3 Å². The van der Waals surface area contributed by atoms with Gasteiger partial charge in [-0.25, -0.2) is 4.98 Å². The number of benzene rings is 1. The summed E-state index contributed by atoms with van der Waals surface area (Å²) >= 11 is 9.53. The Morgan fingerprint density at radius 2 is 2.24 bits per heavy atom.